The molecule has 0 spiro atoms. The molecule has 0 aliphatic carbocycles. The van der Waals surface area contributed by atoms with E-state index in [1.54, 1.807) is 13.0 Å². The molecule has 0 aliphatic heterocycles. The lowest BCUT2D eigenvalue weighted by Gasteiger charge is -2.00. The monoisotopic (exact) mass is 262 g/mol. The number of aromatic carboxylic acids is 1. The highest BCUT2D eigenvalue weighted by Gasteiger charge is 2.23. The van der Waals surface area contributed by atoms with Gasteiger partial charge in [-0.15, -0.1) is 0 Å². The Balaban J connectivity index is 2.64. The number of nitro groups is 1. The predicted molar refractivity (Wildman–Crippen MR) is 65.0 cm³/mol. The molecule has 0 bridgehead atoms. The Bertz CT molecular complexity index is 675. The quantitative estimate of drug-likeness (QED) is 0.672. The van der Waals surface area contributed by atoms with E-state index in [0.717, 1.165) is 5.56 Å². The van der Waals surface area contributed by atoms with Crippen molar-refractivity contribution in [1.29, 1.82) is 0 Å². The van der Waals surface area contributed by atoms with Gasteiger partial charge >= 0.3 is 5.97 Å². The molecular weight excluding hydrogens is 252 g/mol. The molecule has 7 nitrogen and oxygen atoms in total. The Morgan fingerprint density at radius 2 is 2.11 bits per heavy atom. The van der Waals surface area contributed by atoms with Crippen LogP contribution >= 0.6 is 0 Å². The summed E-state index contributed by atoms with van der Waals surface area (Å²) in [7, 11) is 0. The smallest absolute Gasteiger partial charge is 0.373 e. The zero-order chi connectivity index (χ0) is 14.2. The Hall–Kier alpha value is -2.70. The van der Waals surface area contributed by atoms with Crippen LogP contribution in [0, 0.1) is 24.0 Å². The van der Waals surface area contributed by atoms with Crippen molar-refractivity contribution in [2.45, 2.75) is 13.8 Å². The van der Waals surface area contributed by atoms with Crippen molar-refractivity contribution >= 4 is 11.7 Å². The number of oxazole rings is 1. The number of hydrogen-bond donors (Lipinski definition) is 1. The van der Waals surface area contributed by atoms with Crippen LogP contribution in [-0.2, 0) is 0 Å². The zero-order valence-corrected chi connectivity index (χ0v) is 10.2. The highest BCUT2D eigenvalue weighted by atomic mass is 16.6. The molecule has 2 aromatic rings. The fraction of sp³-hybridized carbons (Fsp3) is 0.167. The van der Waals surface area contributed by atoms with Gasteiger partial charge in [-0.3, -0.25) is 10.1 Å². The van der Waals surface area contributed by atoms with E-state index in [9.17, 15) is 14.9 Å². The number of nitrogens with zero attached hydrogens (tertiary/aromatic N) is 2. The van der Waals surface area contributed by atoms with Gasteiger partial charge in [0, 0.05) is 6.07 Å². The molecule has 2 rings (SSSR count). The lowest BCUT2D eigenvalue weighted by molar-refractivity contribution is -0.384. The Morgan fingerprint density at radius 1 is 1.42 bits per heavy atom. The maximum Gasteiger partial charge on any atom is 0.373 e. The second-order valence-corrected chi connectivity index (χ2v) is 4.02. The highest BCUT2D eigenvalue weighted by Crippen LogP contribution is 2.31. The summed E-state index contributed by atoms with van der Waals surface area (Å²) in [6.07, 6.45) is 0. The molecule has 0 unspecified atom stereocenters. The largest absolute Gasteiger partial charge is 0.475 e. The topological polar surface area (TPSA) is 106 Å². The number of nitro benzene ring substituents is 1. The fourth-order valence-electron chi connectivity index (χ4n) is 1.69. The molecule has 19 heavy (non-hydrogen) atoms. The van der Waals surface area contributed by atoms with Crippen molar-refractivity contribution in [3.8, 4) is 11.5 Å². The van der Waals surface area contributed by atoms with E-state index < -0.39 is 10.9 Å². The summed E-state index contributed by atoms with van der Waals surface area (Å²) in [5.41, 5.74) is 0.955. The van der Waals surface area contributed by atoms with Gasteiger partial charge in [-0.1, -0.05) is 6.07 Å². The molecule has 0 amide bonds. The van der Waals surface area contributed by atoms with Crippen LogP contribution in [0.1, 0.15) is 21.8 Å². The molecule has 98 valence electrons. The fourth-order valence-corrected chi connectivity index (χ4v) is 1.69. The second-order valence-electron chi connectivity index (χ2n) is 4.02. The van der Waals surface area contributed by atoms with E-state index >= 15 is 0 Å². The highest BCUT2D eigenvalue weighted by molar-refractivity contribution is 5.86. The molecule has 1 heterocycles. The summed E-state index contributed by atoms with van der Waals surface area (Å²) >= 11 is 0. The van der Waals surface area contributed by atoms with Crippen molar-refractivity contribution in [2.75, 3.05) is 0 Å². The average Bonchev–Trinajstić information content (AvgIpc) is 2.70. The molecule has 7 heteroatoms. The summed E-state index contributed by atoms with van der Waals surface area (Å²) in [5, 5.41) is 19.8. The molecule has 0 saturated heterocycles. The minimum atomic E-state index is -1.26. The summed E-state index contributed by atoms with van der Waals surface area (Å²) in [6, 6.07) is 4.47. The van der Waals surface area contributed by atoms with Crippen molar-refractivity contribution in [3.05, 3.63) is 45.3 Å². The van der Waals surface area contributed by atoms with E-state index in [0.29, 0.717) is 0 Å². The van der Waals surface area contributed by atoms with Crippen LogP contribution in [-0.4, -0.2) is 21.0 Å². The van der Waals surface area contributed by atoms with Crippen LogP contribution in [0.4, 0.5) is 5.69 Å². The SMILES string of the molecule is Cc1ccc([N+](=O)[O-])c(-c2nc(C)c(C(=O)O)o2)c1. The second kappa shape index (κ2) is 4.52. The summed E-state index contributed by atoms with van der Waals surface area (Å²) in [4.78, 5) is 25.2. The summed E-state index contributed by atoms with van der Waals surface area (Å²) in [5.74, 6) is -1.64. The third kappa shape index (κ3) is 2.30. The number of carboxylic acids is 1. The van der Waals surface area contributed by atoms with Crippen LogP contribution in [0.15, 0.2) is 22.6 Å². The number of aromatic nitrogens is 1. The zero-order valence-electron chi connectivity index (χ0n) is 10.2. The first-order valence-corrected chi connectivity index (χ1v) is 5.36. The van der Waals surface area contributed by atoms with Crippen LogP contribution in [0.25, 0.3) is 11.5 Å². The number of carbonyl (C=O) groups is 1. The van der Waals surface area contributed by atoms with E-state index in [2.05, 4.69) is 4.98 Å². The van der Waals surface area contributed by atoms with E-state index in [-0.39, 0.29) is 28.6 Å². The summed E-state index contributed by atoms with van der Waals surface area (Å²) < 4.78 is 5.09. The maximum absolute atomic E-state index is 11.0. The number of rotatable bonds is 3. The number of benzene rings is 1. The van der Waals surface area contributed by atoms with Gasteiger partial charge in [-0.2, -0.15) is 0 Å². The normalized spacial score (nSPS) is 10.4. The first kappa shape index (κ1) is 12.7. The van der Waals surface area contributed by atoms with Crippen molar-refractivity contribution in [2.24, 2.45) is 0 Å². The maximum atomic E-state index is 11.0. The van der Waals surface area contributed by atoms with Crippen molar-refractivity contribution in [1.82, 2.24) is 4.98 Å². The molecule has 0 radical (unpaired) electrons. The summed E-state index contributed by atoms with van der Waals surface area (Å²) in [6.45, 7) is 3.24. The first-order valence-electron chi connectivity index (χ1n) is 5.36. The van der Waals surface area contributed by atoms with Crippen molar-refractivity contribution < 1.29 is 19.2 Å². The number of aryl methyl sites for hydroxylation is 2. The van der Waals surface area contributed by atoms with Crippen LogP contribution in [0.3, 0.4) is 0 Å². The first-order chi connectivity index (χ1) is 8.90. The van der Waals surface area contributed by atoms with Gasteiger partial charge in [-0.25, -0.2) is 9.78 Å². The minimum Gasteiger partial charge on any atom is -0.475 e. The molecule has 0 fully saturated rings. The Kier molecular flexibility index (Phi) is 3.04. The van der Waals surface area contributed by atoms with Gasteiger partial charge in [0.05, 0.1) is 10.6 Å². The molecule has 0 atom stereocenters. The van der Waals surface area contributed by atoms with Gasteiger partial charge in [0.1, 0.15) is 5.56 Å². The van der Waals surface area contributed by atoms with Gasteiger partial charge < -0.3 is 9.52 Å². The van der Waals surface area contributed by atoms with Crippen LogP contribution in [0.5, 0.6) is 0 Å². The molecule has 0 aliphatic rings. The van der Waals surface area contributed by atoms with E-state index in [4.69, 9.17) is 9.52 Å². The third-order valence-corrected chi connectivity index (χ3v) is 2.57. The number of carboxylic acid groups (broad SMARTS) is 1. The van der Waals surface area contributed by atoms with E-state index in [1.165, 1.54) is 19.1 Å². The predicted octanol–water partition coefficient (Wildman–Crippen LogP) is 2.56. The lowest BCUT2D eigenvalue weighted by Crippen LogP contribution is -1.95. The van der Waals surface area contributed by atoms with Gasteiger partial charge in [0.2, 0.25) is 11.7 Å². The van der Waals surface area contributed by atoms with Gasteiger partial charge in [-0.05, 0) is 25.5 Å². The molecular formula is C12H10N2O5. The van der Waals surface area contributed by atoms with E-state index in [1.807, 2.05) is 0 Å². The minimum absolute atomic E-state index is 0.0645. The van der Waals surface area contributed by atoms with Crippen molar-refractivity contribution in [3.63, 3.8) is 0 Å². The standard InChI is InChI=1S/C12H10N2O5/c1-6-3-4-9(14(17)18)8(5-6)11-13-7(2)10(19-11)12(15)16/h3-5H,1-2H3,(H,15,16). The van der Waals surface area contributed by atoms with Gasteiger partial charge in [0.25, 0.3) is 5.69 Å². The van der Waals surface area contributed by atoms with Crippen LogP contribution < -0.4 is 0 Å². The Morgan fingerprint density at radius 3 is 2.63 bits per heavy atom. The third-order valence-electron chi connectivity index (χ3n) is 2.57. The lowest BCUT2D eigenvalue weighted by atomic mass is 10.1. The average molecular weight is 262 g/mol. The molecule has 0 saturated carbocycles. The number of hydrogen-bond acceptors (Lipinski definition) is 5. The molecule has 1 N–H and O–H groups in total. The van der Waals surface area contributed by atoms with Crippen LogP contribution in [0.2, 0.25) is 0 Å². The molecule has 1 aromatic carbocycles. The van der Waals surface area contributed by atoms with Gasteiger partial charge in [0.15, 0.2) is 0 Å². The Labute approximate surface area is 107 Å². The molecule has 1 aromatic heterocycles.